The lowest BCUT2D eigenvalue weighted by Crippen LogP contribution is -2.30. The van der Waals surface area contributed by atoms with Gasteiger partial charge in [0.05, 0.1) is 24.6 Å². The van der Waals surface area contributed by atoms with Gasteiger partial charge in [0.15, 0.2) is 0 Å². The van der Waals surface area contributed by atoms with Crippen LogP contribution in [0.1, 0.15) is 13.3 Å². The first-order chi connectivity index (χ1) is 9.03. The summed E-state index contributed by atoms with van der Waals surface area (Å²) in [5, 5.41) is 0. The lowest BCUT2D eigenvalue weighted by molar-refractivity contribution is -0.145. The molecule has 0 aliphatic carbocycles. The van der Waals surface area contributed by atoms with Crippen molar-refractivity contribution in [3.63, 3.8) is 0 Å². The zero-order valence-electron chi connectivity index (χ0n) is 11.8. The molecule has 0 aromatic heterocycles. The zero-order chi connectivity index (χ0) is 14.4. The van der Waals surface area contributed by atoms with Gasteiger partial charge < -0.3 is 14.4 Å². The van der Waals surface area contributed by atoms with E-state index in [0.717, 1.165) is 22.3 Å². The van der Waals surface area contributed by atoms with Crippen LogP contribution in [0.3, 0.4) is 0 Å². The van der Waals surface area contributed by atoms with E-state index in [1.54, 1.807) is 7.11 Å². The molecule has 0 saturated carbocycles. The Morgan fingerprint density at radius 1 is 1.42 bits per heavy atom. The van der Waals surface area contributed by atoms with Gasteiger partial charge in [-0.15, -0.1) is 0 Å². The highest BCUT2D eigenvalue weighted by Crippen LogP contribution is 2.29. The Hall–Kier alpha value is -1.23. The minimum atomic E-state index is -0.165. The van der Waals surface area contributed by atoms with E-state index in [-0.39, 0.29) is 11.9 Å². The summed E-state index contributed by atoms with van der Waals surface area (Å²) in [6.07, 6.45) is 0.758. The second kappa shape index (κ2) is 7.38. The van der Waals surface area contributed by atoms with E-state index in [1.165, 1.54) is 7.11 Å². The summed E-state index contributed by atoms with van der Waals surface area (Å²) in [6, 6.07) is 5.84. The van der Waals surface area contributed by atoms with Crippen molar-refractivity contribution in [2.45, 2.75) is 13.3 Å². The Morgan fingerprint density at radius 3 is 2.58 bits per heavy atom. The SMILES string of the molecule is CCC(CN(C)c1ccc(OC)c(Br)c1)C(=O)OC. The fourth-order valence-electron chi connectivity index (χ4n) is 1.87. The minimum absolute atomic E-state index is 0.115. The van der Waals surface area contributed by atoms with Gasteiger partial charge in [-0.1, -0.05) is 6.92 Å². The fourth-order valence-corrected chi connectivity index (χ4v) is 2.39. The molecule has 1 atom stereocenters. The van der Waals surface area contributed by atoms with Crippen LogP contribution in [0.2, 0.25) is 0 Å². The molecule has 0 radical (unpaired) electrons. The van der Waals surface area contributed by atoms with Crippen LogP contribution in [0.4, 0.5) is 5.69 Å². The van der Waals surface area contributed by atoms with Gasteiger partial charge in [-0.25, -0.2) is 0 Å². The zero-order valence-corrected chi connectivity index (χ0v) is 13.4. The van der Waals surface area contributed by atoms with E-state index in [2.05, 4.69) is 15.9 Å². The Balaban J connectivity index is 2.79. The summed E-state index contributed by atoms with van der Waals surface area (Å²) >= 11 is 3.46. The lowest BCUT2D eigenvalue weighted by Gasteiger charge is -2.24. The van der Waals surface area contributed by atoms with E-state index < -0.39 is 0 Å². The molecule has 106 valence electrons. The van der Waals surface area contributed by atoms with Crippen LogP contribution < -0.4 is 9.64 Å². The largest absolute Gasteiger partial charge is 0.496 e. The number of carbonyl (C=O) groups excluding carboxylic acids is 1. The summed E-state index contributed by atoms with van der Waals surface area (Å²) in [5.41, 5.74) is 1.02. The molecule has 0 aliphatic rings. The van der Waals surface area contributed by atoms with Crippen molar-refractivity contribution in [1.82, 2.24) is 0 Å². The number of carbonyl (C=O) groups is 1. The van der Waals surface area contributed by atoms with Crippen molar-refractivity contribution < 1.29 is 14.3 Å². The highest BCUT2D eigenvalue weighted by Gasteiger charge is 2.19. The fraction of sp³-hybridized carbons (Fsp3) is 0.500. The first-order valence-electron chi connectivity index (χ1n) is 6.16. The van der Waals surface area contributed by atoms with Gasteiger partial charge in [-0.3, -0.25) is 4.79 Å². The van der Waals surface area contributed by atoms with Crippen LogP contribution in [-0.2, 0) is 9.53 Å². The monoisotopic (exact) mass is 329 g/mol. The van der Waals surface area contributed by atoms with Crippen LogP contribution in [0, 0.1) is 5.92 Å². The third-order valence-corrected chi connectivity index (χ3v) is 3.72. The molecule has 1 aromatic rings. The molecule has 4 nitrogen and oxygen atoms in total. The first kappa shape index (κ1) is 15.8. The van der Waals surface area contributed by atoms with Crippen molar-refractivity contribution in [1.29, 1.82) is 0 Å². The average molecular weight is 330 g/mol. The summed E-state index contributed by atoms with van der Waals surface area (Å²) in [6.45, 7) is 2.61. The van der Waals surface area contributed by atoms with E-state index in [4.69, 9.17) is 9.47 Å². The maximum absolute atomic E-state index is 11.6. The predicted octanol–water partition coefficient (Wildman–Crippen LogP) is 3.09. The highest BCUT2D eigenvalue weighted by molar-refractivity contribution is 9.10. The quantitative estimate of drug-likeness (QED) is 0.752. The number of methoxy groups -OCH3 is 2. The number of rotatable bonds is 6. The summed E-state index contributed by atoms with van der Waals surface area (Å²) in [4.78, 5) is 13.6. The summed E-state index contributed by atoms with van der Waals surface area (Å²) < 4.78 is 10.9. The lowest BCUT2D eigenvalue weighted by atomic mass is 10.1. The molecule has 1 aromatic carbocycles. The van der Waals surface area contributed by atoms with Crippen LogP contribution in [0.25, 0.3) is 0 Å². The first-order valence-corrected chi connectivity index (χ1v) is 6.95. The van der Waals surface area contributed by atoms with Crippen LogP contribution in [0.5, 0.6) is 5.75 Å². The number of halogens is 1. The topological polar surface area (TPSA) is 38.8 Å². The molecule has 0 saturated heterocycles. The van der Waals surface area contributed by atoms with Crippen molar-refractivity contribution in [2.75, 3.05) is 32.7 Å². The van der Waals surface area contributed by atoms with Crippen molar-refractivity contribution in [2.24, 2.45) is 5.92 Å². The van der Waals surface area contributed by atoms with E-state index in [1.807, 2.05) is 37.1 Å². The normalized spacial score (nSPS) is 11.8. The number of esters is 1. The number of anilines is 1. The molecule has 19 heavy (non-hydrogen) atoms. The molecule has 1 rings (SSSR count). The van der Waals surface area contributed by atoms with E-state index in [0.29, 0.717) is 6.54 Å². The van der Waals surface area contributed by atoms with E-state index in [9.17, 15) is 4.79 Å². The third-order valence-electron chi connectivity index (χ3n) is 3.10. The van der Waals surface area contributed by atoms with Gasteiger partial charge in [0.2, 0.25) is 0 Å². The maximum Gasteiger partial charge on any atom is 0.310 e. The smallest absolute Gasteiger partial charge is 0.310 e. The number of hydrogen-bond donors (Lipinski definition) is 0. The molecule has 0 amide bonds. The number of benzene rings is 1. The Labute approximate surface area is 122 Å². The van der Waals surface area contributed by atoms with Crippen molar-refractivity contribution in [3.8, 4) is 5.75 Å². The second-order valence-electron chi connectivity index (χ2n) is 4.33. The molecular formula is C14H20BrNO3. The van der Waals surface area contributed by atoms with Gasteiger partial charge in [0, 0.05) is 19.3 Å². The number of ether oxygens (including phenoxy) is 2. The Bertz CT molecular complexity index is 437. The minimum Gasteiger partial charge on any atom is -0.496 e. The molecular weight excluding hydrogens is 310 g/mol. The summed E-state index contributed by atoms with van der Waals surface area (Å²) in [7, 11) is 5.02. The molecule has 1 unspecified atom stereocenters. The number of hydrogen-bond acceptors (Lipinski definition) is 4. The molecule has 0 spiro atoms. The van der Waals surface area contributed by atoms with Gasteiger partial charge in [0.1, 0.15) is 5.75 Å². The van der Waals surface area contributed by atoms with E-state index >= 15 is 0 Å². The molecule has 0 bridgehead atoms. The van der Waals surface area contributed by atoms with Crippen LogP contribution in [0.15, 0.2) is 22.7 Å². The molecule has 0 fully saturated rings. The van der Waals surface area contributed by atoms with Crippen molar-refractivity contribution >= 4 is 27.6 Å². The van der Waals surface area contributed by atoms with Gasteiger partial charge in [0.25, 0.3) is 0 Å². The summed E-state index contributed by atoms with van der Waals surface area (Å²) in [5.74, 6) is 0.509. The third kappa shape index (κ3) is 4.13. The maximum atomic E-state index is 11.6. The Morgan fingerprint density at radius 2 is 2.11 bits per heavy atom. The van der Waals surface area contributed by atoms with Crippen LogP contribution >= 0.6 is 15.9 Å². The predicted molar refractivity (Wildman–Crippen MR) is 79.8 cm³/mol. The number of nitrogens with zero attached hydrogens (tertiary/aromatic N) is 1. The molecule has 5 heteroatoms. The molecule has 0 heterocycles. The molecule has 0 aliphatic heterocycles. The molecule has 0 N–H and O–H groups in total. The van der Waals surface area contributed by atoms with Crippen molar-refractivity contribution in [3.05, 3.63) is 22.7 Å². The highest BCUT2D eigenvalue weighted by atomic mass is 79.9. The van der Waals surface area contributed by atoms with Gasteiger partial charge in [-0.2, -0.15) is 0 Å². The Kier molecular flexibility index (Phi) is 6.15. The second-order valence-corrected chi connectivity index (χ2v) is 5.18. The van der Waals surface area contributed by atoms with Crippen LogP contribution in [-0.4, -0.2) is 33.8 Å². The van der Waals surface area contributed by atoms with Gasteiger partial charge in [-0.05, 0) is 40.5 Å². The average Bonchev–Trinajstić information content (AvgIpc) is 2.43. The van der Waals surface area contributed by atoms with Gasteiger partial charge >= 0.3 is 5.97 Å². The standard InChI is InChI=1S/C14H20BrNO3/c1-5-10(14(17)19-4)9-16(2)11-6-7-13(18-3)12(15)8-11/h6-8,10H,5,9H2,1-4H3.